The average Bonchev–Trinajstić information content (AvgIpc) is 2.03. The second-order valence-electron chi connectivity index (χ2n) is 4.59. The molecule has 11 heavy (non-hydrogen) atoms. The predicted octanol–water partition coefficient (Wildman–Crippen LogP) is 0.955. The van der Waals surface area contributed by atoms with Crippen molar-refractivity contribution >= 4 is 0 Å². The highest BCUT2D eigenvalue weighted by molar-refractivity contribution is 4.97. The Morgan fingerprint density at radius 1 is 1.45 bits per heavy atom. The summed E-state index contributed by atoms with van der Waals surface area (Å²) in [7, 11) is 0. The summed E-state index contributed by atoms with van der Waals surface area (Å²) in [6.45, 7) is 7.50. The lowest BCUT2D eigenvalue weighted by molar-refractivity contribution is 0.253. The van der Waals surface area contributed by atoms with Gasteiger partial charge in [-0.1, -0.05) is 20.8 Å². The van der Waals surface area contributed by atoms with E-state index in [4.69, 9.17) is 11.5 Å². The van der Waals surface area contributed by atoms with Crippen LogP contribution in [0.4, 0.5) is 0 Å². The largest absolute Gasteiger partial charge is 0.330 e. The van der Waals surface area contributed by atoms with Gasteiger partial charge in [-0.05, 0) is 30.2 Å². The van der Waals surface area contributed by atoms with Crippen LogP contribution in [-0.4, -0.2) is 12.6 Å². The maximum atomic E-state index is 6.03. The van der Waals surface area contributed by atoms with Crippen molar-refractivity contribution in [3.63, 3.8) is 0 Å². The number of rotatable bonds is 1. The van der Waals surface area contributed by atoms with Crippen LogP contribution in [0.5, 0.6) is 0 Å². The molecular weight excluding hydrogens is 136 g/mol. The minimum atomic E-state index is 0.315. The molecule has 0 amide bonds. The van der Waals surface area contributed by atoms with Crippen LogP contribution in [0.15, 0.2) is 0 Å². The lowest BCUT2D eigenvalue weighted by Crippen LogP contribution is -2.38. The van der Waals surface area contributed by atoms with Gasteiger partial charge in [0.15, 0.2) is 0 Å². The minimum Gasteiger partial charge on any atom is -0.330 e. The first-order valence-corrected chi connectivity index (χ1v) is 4.44. The van der Waals surface area contributed by atoms with Gasteiger partial charge in [0.05, 0.1) is 0 Å². The summed E-state index contributed by atoms with van der Waals surface area (Å²) >= 11 is 0. The van der Waals surface area contributed by atoms with Gasteiger partial charge in [0.25, 0.3) is 0 Å². The van der Waals surface area contributed by atoms with E-state index in [0.717, 1.165) is 6.54 Å². The van der Waals surface area contributed by atoms with Crippen LogP contribution in [0.25, 0.3) is 0 Å². The molecule has 0 radical (unpaired) electrons. The van der Waals surface area contributed by atoms with Crippen molar-refractivity contribution < 1.29 is 0 Å². The zero-order valence-electron chi connectivity index (χ0n) is 7.80. The van der Waals surface area contributed by atoms with Crippen LogP contribution >= 0.6 is 0 Å². The van der Waals surface area contributed by atoms with Crippen LogP contribution in [0.2, 0.25) is 0 Å². The van der Waals surface area contributed by atoms with Crippen molar-refractivity contribution in [2.24, 2.45) is 28.7 Å². The topological polar surface area (TPSA) is 52.0 Å². The molecule has 0 bridgehead atoms. The molecule has 2 heteroatoms. The zero-order chi connectivity index (χ0) is 8.65. The fraction of sp³-hybridized carbons (Fsp3) is 1.00. The summed E-state index contributed by atoms with van der Waals surface area (Å²) in [5, 5.41) is 0. The van der Waals surface area contributed by atoms with Crippen molar-refractivity contribution in [1.82, 2.24) is 0 Å². The van der Waals surface area contributed by atoms with Gasteiger partial charge in [0, 0.05) is 6.04 Å². The third-order valence-corrected chi connectivity index (χ3v) is 3.23. The summed E-state index contributed by atoms with van der Waals surface area (Å²) in [5.74, 6) is 1.15. The Kier molecular flexibility index (Phi) is 2.26. The van der Waals surface area contributed by atoms with Crippen molar-refractivity contribution in [3.8, 4) is 0 Å². The Labute approximate surface area is 69.3 Å². The predicted molar refractivity (Wildman–Crippen MR) is 48.1 cm³/mol. The molecule has 2 nitrogen and oxygen atoms in total. The van der Waals surface area contributed by atoms with Crippen LogP contribution in [0.1, 0.15) is 27.2 Å². The quantitative estimate of drug-likeness (QED) is 0.594. The smallest absolute Gasteiger partial charge is 0.0110 e. The summed E-state index contributed by atoms with van der Waals surface area (Å²) in [4.78, 5) is 0. The first-order chi connectivity index (χ1) is 4.99. The summed E-state index contributed by atoms with van der Waals surface area (Å²) < 4.78 is 0. The maximum Gasteiger partial charge on any atom is 0.0110 e. The molecule has 0 heterocycles. The van der Waals surface area contributed by atoms with Gasteiger partial charge >= 0.3 is 0 Å². The molecular formula is C9H20N2. The van der Waals surface area contributed by atoms with Gasteiger partial charge in [-0.15, -0.1) is 0 Å². The molecule has 1 rings (SSSR count). The number of nitrogens with two attached hydrogens (primary N) is 2. The van der Waals surface area contributed by atoms with E-state index >= 15 is 0 Å². The van der Waals surface area contributed by atoms with Crippen molar-refractivity contribution in [2.45, 2.75) is 33.2 Å². The van der Waals surface area contributed by atoms with Crippen molar-refractivity contribution in [3.05, 3.63) is 0 Å². The highest BCUT2D eigenvalue weighted by Crippen LogP contribution is 2.44. The first-order valence-electron chi connectivity index (χ1n) is 4.44. The first kappa shape index (κ1) is 9.01. The van der Waals surface area contributed by atoms with Crippen LogP contribution in [0, 0.1) is 17.3 Å². The fourth-order valence-electron chi connectivity index (χ4n) is 2.51. The molecule has 0 aromatic heterocycles. The Morgan fingerprint density at radius 2 is 2.00 bits per heavy atom. The second-order valence-corrected chi connectivity index (χ2v) is 4.59. The second kappa shape index (κ2) is 2.76. The van der Waals surface area contributed by atoms with E-state index < -0.39 is 0 Å². The molecule has 0 spiro atoms. The molecule has 1 fully saturated rings. The van der Waals surface area contributed by atoms with Crippen LogP contribution in [0.3, 0.4) is 0 Å². The molecule has 1 aliphatic rings. The van der Waals surface area contributed by atoms with Gasteiger partial charge in [-0.2, -0.15) is 0 Å². The Balaban J connectivity index is 2.73. The summed E-state index contributed by atoms with van der Waals surface area (Å²) in [6.07, 6.45) is 1.22. The minimum absolute atomic E-state index is 0.315. The van der Waals surface area contributed by atoms with Crippen LogP contribution in [-0.2, 0) is 0 Å². The van der Waals surface area contributed by atoms with E-state index in [1.54, 1.807) is 0 Å². The summed E-state index contributed by atoms with van der Waals surface area (Å²) in [5.41, 5.74) is 12.1. The molecule has 0 aliphatic heterocycles. The van der Waals surface area contributed by atoms with Gasteiger partial charge in [0.2, 0.25) is 0 Å². The lowest BCUT2D eigenvalue weighted by atomic mass is 9.81. The zero-order valence-corrected chi connectivity index (χ0v) is 7.80. The number of hydrogen-bond donors (Lipinski definition) is 2. The standard InChI is InChI=1S/C9H20N2/c1-6-4-9(2,3)7(5-10)8(6)11/h6-8H,4-5,10-11H2,1-3H3/t6-,7-,8-/m1/s1. The van der Waals surface area contributed by atoms with Crippen LogP contribution < -0.4 is 11.5 Å². The molecule has 0 aromatic carbocycles. The molecule has 0 aromatic rings. The van der Waals surface area contributed by atoms with Crippen molar-refractivity contribution in [2.75, 3.05) is 6.54 Å². The van der Waals surface area contributed by atoms with E-state index in [0.29, 0.717) is 23.3 Å². The van der Waals surface area contributed by atoms with E-state index in [2.05, 4.69) is 20.8 Å². The third-order valence-electron chi connectivity index (χ3n) is 3.23. The lowest BCUT2D eigenvalue weighted by Gasteiger charge is -2.27. The van der Waals surface area contributed by atoms with Gasteiger partial charge < -0.3 is 11.5 Å². The highest BCUT2D eigenvalue weighted by Gasteiger charge is 2.43. The Bertz CT molecular complexity index is 142. The van der Waals surface area contributed by atoms with E-state index in [1.165, 1.54) is 6.42 Å². The Morgan fingerprint density at radius 3 is 2.18 bits per heavy atom. The third kappa shape index (κ3) is 1.42. The molecule has 4 N–H and O–H groups in total. The van der Waals surface area contributed by atoms with E-state index in [1.807, 2.05) is 0 Å². The molecule has 66 valence electrons. The molecule has 3 atom stereocenters. The average molecular weight is 156 g/mol. The molecule has 0 saturated heterocycles. The summed E-state index contributed by atoms with van der Waals surface area (Å²) in [6, 6.07) is 0.315. The highest BCUT2D eigenvalue weighted by atomic mass is 14.8. The molecule has 0 unspecified atom stereocenters. The van der Waals surface area contributed by atoms with E-state index in [-0.39, 0.29) is 0 Å². The molecule has 1 aliphatic carbocycles. The molecule has 1 saturated carbocycles. The van der Waals surface area contributed by atoms with Gasteiger partial charge in [0.1, 0.15) is 0 Å². The Hall–Kier alpha value is -0.0800. The van der Waals surface area contributed by atoms with Gasteiger partial charge in [-0.25, -0.2) is 0 Å². The maximum absolute atomic E-state index is 6.03. The normalized spacial score (nSPS) is 42.8. The monoisotopic (exact) mass is 156 g/mol. The van der Waals surface area contributed by atoms with Crippen molar-refractivity contribution in [1.29, 1.82) is 0 Å². The fourth-order valence-corrected chi connectivity index (χ4v) is 2.51. The van der Waals surface area contributed by atoms with Gasteiger partial charge in [-0.3, -0.25) is 0 Å². The van der Waals surface area contributed by atoms with E-state index in [9.17, 15) is 0 Å². The SMILES string of the molecule is C[C@@H]1CC(C)(C)[C@H](CN)[C@@H]1N. The number of hydrogen-bond acceptors (Lipinski definition) is 2.